The third kappa shape index (κ3) is 2.56. The number of hydrogen-bond acceptors (Lipinski definition) is 4. The summed E-state index contributed by atoms with van der Waals surface area (Å²) in [7, 11) is 1.87. The van der Waals surface area contributed by atoms with Crippen LogP contribution in [0.25, 0.3) is 0 Å². The summed E-state index contributed by atoms with van der Waals surface area (Å²) in [5.74, 6) is 0.444. The van der Waals surface area contributed by atoms with Crippen LogP contribution in [0.2, 0.25) is 0 Å². The van der Waals surface area contributed by atoms with Crippen molar-refractivity contribution in [3.63, 3.8) is 0 Å². The number of rotatable bonds is 3. The second kappa shape index (κ2) is 5.32. The van der Waals surface area contributed by atoms with Crippen LogP contribution in [0.3, 0.4) is 0 Å². The van der Waals surface area contributed by atoms with Gasteiger partial charge in [-0.15, -0.1) is 5.10 Å². The Kier molecular flexibility index (Phi) is 3.76. The van der Waals surface area contributed by atoms with Crippen LogP contribution in [0, 0.1) is 19.7 Å². The fraction of sp³-hybridized carbons (Fsp3) is 0.286. The molecule has 0 aliphatic rings. The lowest BCUT2D eigenvalue weighted by Crippen LogP contribution is -2.18. The lowest BCUT2D eigenvalue weighted by Gasteiger charge is -2.22. The van der Waals surface area contributed by atoms with Crippen molar-refractivity contribution in [1.29, 1.82) is 0 Å². The molecule has 0 bridgehead atoms. The zero-order valence-corrected chi connectivity index (χ0v) is 11.3. The SMILES string of the molecule is Cc1nnc(N(C)c2ccc(F)cc2)c(CN)c1C. The maximum atomic E-state index is 12.9. The van der Waals surface area contributed by atoms with Gasteiger partial charge in [0.25, 0.3) is 0 Å². The molecule has 19 heavy (non-hydrogen) atoms. The summed E-state index contributed by atoms with van der Waals surface area (Å²) in [6.07, 6.45) is 0. The van der Waals surface area contributed by atoms with Crippen molar-refractivity contribution >= 4 is 11.5 Å². The van der Waals surface area contributed by atoms with Gasteiger partial charge in [-0.05, 0) is 43.7 Å². The van der Waals surface area contributed by atoms with Gasteiger partial charge in [0.15, 0.2) is 5.82 Å². The minimum absolute atomic E-state index is 0.262. The first-order valence-electron chi connectivity index (χ1n) is 6.06. The maximum absolute atomic E-state index is 12.9. The highest BCUT2D eigenvalue weighted by molar-refractivity contribution is 5.63. The minimum Gasteiger partial charge on any atom is -0.328 e. The second-order valence-electron chi connectivity index (χ2n) is 4.45. The third-order valence-corrected chi connectivity index (χ3v) is 3.30. The Morgan fingerprint density at radius 2 is 1.79 bits per heavy atom. The van der Waals surface area contributed by atoms with E-state index in [1.54, 1.807) is 12.1 Å². The van der Waals surface area contributed by atoms with Crippen LogP contribution in [0.15, 0.2) is 24.3 Å². The van der Waals surface area contributed by atoms with Gasteiger partial charge in [-0.3, -0.25) is 0 Å². The van der Waals surface area contributed by atoms with E-state index in [-0.39, 0.29) is 5.82 Å². The molecule has 0 atom stereocenters. The highest BCUT2D eigenvalue weighted by atomic mass is 19.1. The highest BCUT2D eigenvalue weighted by Gasteiger charge is 2.14. The normalized spacial score (nSPS) is 10.6. The zero-order valence-electron chi connectivity index (χ0n) is 11.3. The van der Waals surface area contributed by atoms with Crippen molar-refractivity contribution in [3.8, 4) is 0 Å². The molecule has 2 rings (SSSR count). The summed E-state index contributed by atoms with van der Waals surface area (Å²) >= 11 is 0. The third-order valence-electron chi connectivity index (χ3n) is 3.30. The van der Waals surface area contributed by atoms with E-state index in [9.17, 15) is 4.39 Å². The summed E-state index contributed by atoms with van der Waals surface area (Å²) < 4.78 is 12.9. The lowest BCUT2D eigenvalue weighted by molar-refractivity contribution is 0.628. The predicted octanol–water partition coefficient (Wildman–Crippen LogP) is 2.46. The van der Waals surface area contributed by atoms with E-state index in [4.69, 9.17) is 5.73 Å². The standard InChI is InChI=1S/C14H17FN4/c1-9-10(2)17-18-14(13(9)8-16)19(3)12-6-4-11(15)5-7-12/h4-7H,8,16H2,1-3H3. The lowest BCUT2D eigenvalue weighted by atomic mass is 10.1. The summed E-state index contributed by atoms with van der Waals surface area (Å²) in [4.78, 5) is 1.86. The fourth-order valence-corrected chi connectivity index (χ4v) is 1.94. The van der Waals surface area contributed by atoms with Crippen LogP contribution in [-0.4, -0.2) is 17.2 Å². The number of anilines is 2. The number of hydrogen-bond donors (Lipinski definition) is 1. The molecule has 2 N–H and O–H groups in total. The number of nitrogens with zero attached hydrogens (tertiary/aromatic N) is 3. The van der Waals surface area contributed by atoms with Crippen LogP contribution < -0.4 is 10.6 Å². The van der Waals surface area contributed by atoms with Crippen LogP contribution in [0.4, 0.5) is 15.9 Å². The Morgan fingerprint density at radius 1 is 1.16 bits per heavy atom. The van der Waals surface area contributed by atoms with Crippen molar-refractivity contribution in [2.45, 2.75) is 20.4 Å². The summed E-state index contributed by atoms with van der Waals surface area (Å²) in [5, 5.41) is 8.34. The fourth-order valence-electron chi connectivity index (χ4n) is 1.94. The van der Waals surface area contributed by atoms with Gasteiger partial charge < -0.3 is 10.6 Å². The summed E-state index contributed by atoms with van der Waals surface area (Å²) in [6.45, 7) is 4.28. The topological polar surface area (TPSA) is 55.0 Å². The number of nitrogens with two attached hydrogens (primary N) is 1. The van der Waals surface area contributed by atoms with E-state index in [1.165, 1.54) is 12.1 Å². The summed E-state index contributed by atoms with van der Waals surface area (Å²) in [5.41, 5.74) is 9.52. The molecule has 0 radical (unpaired) electrons. The Labute approximate surface area is 112 Å². The largest absolute Gasteiger partial charge is 0.328 e. The first kappa shape index (κ1) is 13.4. The van der Waals surface area contributed by atoms with Gasteiger partial charge in [0.1, 0.15) is 5.82 Å². The zero-order chi connectivity index (χ0) is 14.0. The van der Waals surface area contributed by atoms with Crippen molar-refractivity contribution in [1.82, 2.24) is 10.2 Å². The van der Waals surface area contributed by atoms with E-state index in [1.807, 2.05) is 25.8 Å². The Hall–Kier alpha value is -2.01. The number of aromatic nitrogens is 2. The van der Waals surface area contributed by atoms with E-state index in [0.717, 1.165) is 22.5 Å². The molecule has 100 valence electrons. The molecule has 4 nitrogen and oxygen atoms in total. The number of aryl methyl sites for hydroxylation is 1. The molecule has 0 unspecified atom stereocenters. The second-order valence-corrected chi connectivity index (χ2v) is 4.45. The molecule has 0 spiro atoms. The molecular weight excluding hydrogens is 243 g/mol. The molecule has 0 fully saturated rings. The van der Waals surface area contributed by atoms with Gasteiger partial charge in [-0.1, -0.05) is 0 Å². The monoisotopic (exact) mass is 260 g/mol. The molecule has 0 saturated carbocycles. The average Bonchev–Trinajstić information content (AvgIpc) is 2.41. The van der Waals surface area contributed by atoms with Crippen molar-refractivity contribution < 1.29 is 4.39 Å². The minimum atomic E-state index is -0.262. The van der Waals surface area contributed by atoms with Gasteiger partial charge in [0, 0.05) is 24.8 Å². The molecule has 0 aliphatic carbocycles. The van der Waals surface area contributed by atoms with Gasteiger partial charge in [0.2, 0.25) is 0 Å². The van der Waals surface area contributed by atoms with Crippen molar-refractivity contribution in [2.75, 3.05) is 11.9 Å². The molecule has 0 aliphatic heterocycles. The number of benzene rings is 1. The molecule has 2 aromatic rings. The average molecular weight is 260 g/mol. The Balaban J connectivity index is 2.46. The van der Waals surface area contributed by atoms with E-state index in [2.05, 4.69) is 10.2 Å². The molecule has 0 saturated heterocycles. The van der Waals surface area contributed by atoms with Crippen LogP contribution in [-0.2, 0) is 6.54 Å². The van der Waals surface area contributed by atoms with Crippen molar-refractivity contribution in [2.24, 2.45) is 5.73 Å². The van der Waals surface area contributed by atoms with Crippen LogP contribution in [0.1, 0.15) is 16.8 Å². The highest BCUT2D eigenvalue weighted by Crippen LogP contribution is 2.27. The number of halogens is 1. The first-order chi connectivity index (χ1) is 9.04. The van der Waals surface area contributed by atoms with Gasteiger partial charge in [0.05, 0.1) is 5.69 Å². The van der Waals surface area contributed by atoms with E-state index >= 15 is 0 Å². The van der Waals surface area contributed by atoms with Crippen LogP contribution in [0.5, 0.6) is 0 Å². The van der Waals surface area contributed by atoms with E-state index < -0.39 is 0 Å². The predicted molar refractivity (Wildman–Crippen MR) is 73.9 cm³/mol. The maximum Gasteiger partial charge on any atom is 0.160 e. The van der Waals surface area contributed by atoms with E-state index in [0.29, 0.717) is 12.4 Å². The van der Waals surface area contributed by atoms with Crippen LogP contribution >= 0.6 is 0 Å². The smallest absolute Gasteiger partial charge is 0.160 e. The molecule has 1 heterocycles. The van der Waals surface area contributed by atoms with Gasteiger partial charge in [-0.25, -0.2) is 4.39 Å². The molecule has 1 aromatic heterocycles. The van der Waals surface area contributed by atoms with Gasteiger partial charge in [-0.2, -0.15) is 5.10 Å². The van der Waals surface area contributed by atoms with Crippen molar-refractivity contribution in [3.05, 3.63) is 46.9 Å². The quantitative estimate of drug-likeness (QED) is 0.921. The Bertz CT molecular complexity index is 581. The molecule has 5 heteroatoms. The molecule has 1 aromatic carbocycles. The first-order valence-corrected chi connectivity index (χ1v) is 6.06. The summed E-state index contributed by atoms with van der Waals surface area (Å²) in [6, 6.07) is 6.24. The van der Waals surface area contributed by atoms with Gasteiger partial charge >= 0.3 is 0 Å². The Morgan fingerprint density at radius 3 is 2.37 bits per heavy atom. The molecule has 0 amide bonds. The molecular formula is C14H17FN4.